The predicted octanol–water partition coefficient (Wildman–Crippen LogP) is 3.19. The molecule has 3 aromatic rings. The number of hydrogen-bond acceptors (Lipinski definition) is 2. The summed E-state index contributed by atoms with van der Waals surface area (Å²) in [5, 5.41) is 6.95. The van der Waals surface area contributed by atoms with Crippen molar-refractivity contribution >= 4 is 11.6 Å². The van der Waals surface area contributed by atoms with Crippen molar-refractivity contribution in [1.29, 1.82) is 0 Å². The van der Waals surface area contributed by atoms with Gasteiger partial charge in [-0.15, -0.1) is 0 Å². The summed E-state index contributed by atoms with van der Waals surface area (Å²) in [4.78, 5) is 12.0. The lowest BCUT2D eigenvalue weighted by Gasteiger charge is -2.07. The van der Waals surface area contributed by atoms with E-state index in [2.05, 4.69) is 10.4 Å². The molecule has 0 radical (unpaired) electrons. The number of halogens is 1. The predicted molar refractivity (Wildman–Crippen MR) is 82.3 cm³/mol. The topological polar surface area (TPSA) is 46.9 Å². The van der Waals surface area contributed by atoms with E-state index in [9.17, 15) is 9.18 Å². The van der Waals surface area contributed by atoms with E-state index in [1.165, 1.54) is 12.1 Å². The van der Waals surface area contributed by atoms with Gasteiger partial charge in [-0.25, -0.2) is 9.07 Å². The first-order chi connectivity index (χ1) is 10.7. The third kappa shape index (κ3) is 3.38. The highest BCUT2D eigenvalue weighted by molar-refractivity contribution is 5.92. The van der Waals surface area contributed by atoms with E-state index in [0.717, 1.165) is 11.3 Å². The SMILES string of the molecule is O=C(Cc1ccc(F)cc1)Nc1ccc(-n2cccn2)cc1. The van der Waals surface area contributed by atoms with Crippen molar-refractivity contribution in [3.05, 3.63) is 78.4 Å². The number of carbonyl (C=O) groups is 1. The molecule has 1 aromatic heterocycles. The van der Waals surface area contributed by atoms with Gasteiger partial charge in [0.15, 0.2) is 0 Å². The lowest BCUT2D eigenvalue weighted by molar-refractivity contribution is -0.115. The first kappa shape index (κ1) is 14.0. The van der Waals surface area contributed by atoms with Gasteiger partial charge in [0, 0.05) is 18.1 Å². The third-order valence-electron chi connectivity index (χ3n) is 3.20. The molecule has 5 heteroatoms. The van der Waals surface area contributed by atoms with Gasteiger partial charge in [-0.1, -0.05) is 12.1 Å². The summed E-state index contributed by atoms with van der Waals surface area (Å²) in [6.07, 6.45) is 3.77. The van der Waals surface area contributed by atoms with Gasteiger partial charge in [0.2, 0.25) is 5.91 Å². The van der Waals surface area contributed by atoms with Crippen molar-refractivity contribution in [2.45, 2.75) is 6.42 Å². The normalized spacial score (nSPS) is 10.4. The molecule has 1 heterocycles. The van der Waals surface area contributed by atoms with Crippen molar-refractivity contribution in [2.24, 2.45) is 0 Å². The number of rotatable bonds is 4. The maximum atomic E-state index is 12.8. The second-order valence-electron chi connectivity index (χ2n) is 4.85. The van der Waals surface area contributed by atoms with E-state index in [1.54, 1.807) is 23.0 Å². The number of aromatic nitrogens is 2. The van der Waals surface area contributed by atoms with Gasteiger partial charge in [-0.2, -0.15) is 5.10 Å². The molecule has 110 valence electrons. The summed E-state index contributed by atoms with van der Waals surface area (Å²) in [6, 6.07) is 15.1. The van der Waals surface area contributed by atoms with Gasteiger partial charge < -0.3 is 5.32 Å². The Bertz CT molecular complexity index is 750. The molecule has 0 bridgehead atoms. The number of nitrogens with zero attached hydrogens (tertiary/aromatic N) is 2. The fraction of sp³-hybridized carbons (Fsp3) is 0.0588. The fourth-order valence-corrected chi connectivity index (χ4v) is 2.11. The minimum absolute atomic E-state index is 0.140. The van der Waals surface area contributed by atoms with Gasteiger partial charge in [-0.3, -0.25) is 4.79 Å². The quantitative estimate of drug-likeness (QED) is 0.803. The molecule has 0 saturated heterocycles. The van der Waals surface area contributed by atoms with Crippen LogP contribution in [-0.2, 0) is 11.2 Å². The molecule has 0 atom stereocenters. The van der Waals surface area contributed by atoms with E-state index in [4.69, 9.17) is 0 Å². The van der Waals surface area contributed by atoms with E-state index < -0.39 is 0 Å². The summed E-state index contributed by atoms with van der Waals surface area (Å²) in [6.45, 7) is 0. The Morgan fingerprint density at radius 1 is 1.09 bits per heavy atom. The number of benzene rings is 2. The Morgan fingerprint density at radius 2 is 1.82 bits per heavy atom. The van der Waals surface area contributed by atoms with Crippen molar-refractivity contribution in [3.8, 4) is 5.69 Å². The number of amides is 1. The zero-order chi connectivity index (χ0) is 15.4. The third-order valence-corrected chi connectivity index (χ3v) is 3.20. The van der Waals surface area contributed by atoms with Crippen LogP contribution in [0.25, 0.3) is 5.69 Å². The summed E-state index contributed by atoms with van der Waals surface area (Å²) >= 11 is 0. The van der Waals surface area contributed by atoms with Gasteiger partial charge >= 0.3 is 0 Å². The first-order valence-electron chi connectivity index (χ1n) is 6.85. The van der Waals surface area contributed by atoms with Crippen LogP contribution >= 0.6 is 0 Å². The van der Waals surface area contributed by atoms with Gasteiger partial charge in [-0.05, 0) is 48.0 Å². The lowest BCUT2D eigenvalue weighted by atomic mass is 10.1. The monoisotopic (exact) mass is 295 g/mol. The molecule has 1 N–H and O–H groups in total. The molecule has 0 saturated carbocycles. The second kappa shape index (κ2) is 6.22. The van der Waals surface area contributed by atoms with E-state index >= 15 is 0 Å². The number of nitrogens with one attached hydrogen (secondary N) is 1. The zero-order valence-corrected chi connectivity index (χ0v) is 11.7. The largest absolute Gasteiger partial charge is 0.326 e. The zero-order valence-electron chi connectivity index (χ0n) is 11.7. The molecule has 1 amide bonds. The molecule has 0 aliphatic carbocycles. The highest BCUT2D eigenvalue weighted by Gasteiger charge is 2.05. The average molecular weight is 295 g/mol. The second-order valence-corrected chi connectivity index (χ2v) is 4.85. The molecule has 0 aliphatic rings. The van der Waals surface area contributed by atoms with Crippen molar-refractivity contribution < 1.29 is 9.18 Å². The minimum atomic E-state index is -0.307. The molecule has 0 spiro atoms. The van der Waals surface area contributed by atoms with Crippen LogP contribution in [0.5, 0.6) is 0 Å². The molecule has 4 nitrogen and oxygen atoms in total. The van der Waals surface area contributed by atoms with Gasteiger partial charge in [0.05, 0.1) is 12.1 Å². The van der Waals surface area contributed by atoms with Crippen molar-refractivity contribution in [2.75, 3.05) is 5.32 Å². The van der Waals surface area contributed by atoms with Crippen LogP contribution in [0.2, 0.25) is 0 Å². The van der Waals surface area contributed by atoms with Crippen LogP contribution in [0.4, 0.5) is 10.1 Å². The van der Waals surface area contributed by atoms with E-state index in [1.807, 2.05) is 36.5 Å². The van der Waals surface area contributed by atoms with Crippen molar-refractivity contribution in [3.63, 3.8) is 0 Å². The lowest BCUT2D eigenvalue weighted by Crippen LogP contribution is -2.14. The molecule has 22 heavy (non-hydrogen) atoms. The Morgan fingerprint density at radius 3 is 2.45 bits per heavy atom. The maximum absolute atomic E-state index is 12.8. The molecule has 0 aliphatic heterocycles. The summed E-state index contributed by atoms with van der Waals surface area (Å²) < 4.78 is 14.6. The van der Waals surface area contributed by atoms with Crippen molar-refractivity contribution in [1.82, 2.24) is 9.78 Å². The Balaban J connectivity index is 1.63. The highest BCUT2D eigenvalue weighted by atomic mass is 19.1. The average Bonchev–Trinajstić information content (AvgIpc) is 3.05. The van der Waals surface area contributed by atoms with Crippen LogP contribution in [0.15, 0.2) is 67.0 Å². The Kier molecular flexibility index (Phi) is 3.96. The van der Waals surface area contributed by atoms with E-state index in [-0.39, 0.29) is 18.1 Å². The van der Waals surface area contributed by atoms with Crippen LogP contribution < -0.4 is 5.32 Å². The minimum Gasteiger partial charge on any atom is -0.326 e. The first-order valence-corrected chi connectivity index (χ1v) is 6.85. The standard InChI is InChI=1S/C17H14FN3O/c18-14-4-2-13(3-5-14)12-17(22)20-15-6-8-16(9-7-15)21-11-1-10-19-21/h1-11H,12H2,(H,20,22). The number of hydrogen-bond donors (Lipinski definition) is 1. The van der Waals surface area contributed by atoms with Crippen LogP contribution in [-0.4, -0.2) is 15.7 Å². The fourth-order valence-electron chi connectivity index (χ4n) is 2.11. The smallest absolute Gasteiger partial charge is 0.228 e. The maximum Gasteiger partial charge on any atom is 0.228 e. The Hall–Kier alpha value is -2.95. The summed E-state index contributed by atoms with van der Waals surface area (Å²) in [7, 11) is 0. The Labute approximate surface area is 127 Å². The summed E-state index contributed by atoms with van der Waals surface area (Å²) in [5.41, 5.74) is 2.40. The number of carbonyl (C=O) groups excluding carboxylic acids is 1. The molecular weight excluding hydrogens is 281 g/mol. The van der Waals surface area contributed by atoms with Gasteiger partial charge in [0.25, 0.3) is 0 Å². The van der Waals surface area contributed by atoms with Crippen LogP contribution in [0, 0.1) is 5.82 Å². The molecule has 0 unspecified atom stereocenters. The number of anilines is 1. The molecule has 3 rings (SSSR count). The molecule has 2 aromatic carbocycles. The summed E-state index contributed by atoms with van der Waals surface area (Å²) in [5.74, 6) is -0.447. The van der Waals surface area contributed by atoms with E-state index in [0.29, 0.717) is 5.69 Å². The molecule has 0 fully saturated rings. The van der Waals surface area contributed by atoms with Gasteiger partial charge in [0.1, 0.15) is 5.82 Å². The molecular formula is C17H14FN3O. The van der Waals surface area contributed by atoms with Crippen LogP contribution in [0.1, 0.15) is 5.56 Å². The van der Waals surface area contributed by atoms with Crippen LogP contribution in [0.3, 0.4) is 0 Å². The highest BCUT2D eigenvalue weighted by Crippen LogP contribution is 2.13.